The van der Waals surface area contributed by atoms with Crippen LogP contribution in [0.4, 0.5) is 0 Å². The first-order chi connectivity index (χ1) is 13.4. The molecule has 0 aliphatic carbocycles. The molecule has 28 heavy (non-hydrogen) atoms. The van der Waals surface area contributed by atoms with E-state index in [1.807, 2.05) is 63.4 Å². The second kappa shape index (κ2) is 8.76. The number of ether oxygens (including phenoxy) is 1. The monoisotopic (exact) mass is 382 g/mol. The Labute approximate surface area is 167 Å². The lowest BCUT2D eigenvalue weighted by molar-refractivity contribution is -0.0135. The smallest absolute Gasteiger partial charge is 0.251 e. The number of rotatable bonds is 6. The van der Waals surface area contributed by atoms with E-state index >= 15 is 0 Å². The number of nitrogens with zero attached hydrogens (tertiary/aromatic N) is 1. The molecule has 0 bridgehead atoms. The molecule has 0 aromatic heterocycles. The number of hydrogen-bond donors (Lipinski definition) is 2. The Kier molecular flexibility index (Phi) is 6.37. The summed E-state index contributed by atoms with van der Waals surface area (Å²) in [7, 11) is 2.05. The van der Waals surface area contributed by atoms with E-state index in [0.717, 1.165) is 35.5 Å². The molecule has 0 radical (unpaired) electrons. The lowest BCUT2D eigenvalue weighted by atomic mass is 9.91. The Morgan fingerprint density at radius 1 is 1.14 bits per heavy atom. The van der Waals surface area contributed by atoms with Gasteiger partial charge in [0.2, 0.25) is 0 Å². The van der Waals surface area contributed by atoms with Crippen molar-refractivity contribution in [2.24, 2.45) is 0 Å². The Bertz CT molecular complexity index is 789. The van der Waals surface area contributed by atoms with Gasteiger partial charge in [0.25, 0.3) is 5.91 Å². The van der Waals surface area contributed by atoms with Gasteiger partial charge in [-0.2, -0.15) is 0 Å². The molecule has 1 amide bonds. The van der Waals surface area contributed by atoms with Crippen LogP contribution in [0.15, 0.2) is 42.5 Å². The van der Waals surface area contributed by atoms with Crippen molar-refractivity contribution in [1.82, 2.24) is 10.2 Å². The van der Waals surface area contributed by atoms with Gasteiger partial charge in [0.1, 0.15) is 12.4 Å². The lowest BCUT2D eigenvalue weighted by Crippen LogP contribution is -2.50. The molecule has 1 aliphatic heterocycles. The SMILES string of the molecule is Cc1cc(C(=O)NCC2(O)CCN(C)CC2)cc(C)c1OCc1ccccc1. The number of piperidine rings is 1. The number of carbonyl (C=O) groups is 1. The number of amides is 1. The number of likely N-dealkylation sites (tertiary alicyclic amines) is 1. The zero-order valence-corrected chi connectivity index (χ0v) is 17.0. The van der Waals surface area contributed by atoms with Crippen LogP contribution in [0.3, 0.4) is 0 Å². The van der Waals surface area contributed by atoms with Crippen molar-refractivity contribution < 1.29 is 14.6 Å². The Morgan fingerprint density at radius 2 is 1.75 bits per heavy atom. The van der Waals surface area contributed by atoms with E-state index < -0.39 is 5.60 Å². The van der Waals surface area contributed by atoms with Crippen LogP contribution in [-0.2, 0) is 6.61 Å². The van der Waals surface area contributed by atoms with Crippen LogP contribution in [-0.4, -0.2) is 48.2 Å². The molecule has 0 saturated carbocycles. The number of aryl methyl sites for hydroxylation is 2. The molecule has 2 N–H and O–H groups in total. The van der Waals surface area contributed by atoms with Gasteiger partial charge in [0.15, 0.2) is 0 Å². The molecule has 5 heteroatoms. The van der Waals surface area contributed by atoms with Crippen LogP contribution in [0.25, 0.3) is 0 Å². The largest absolute Gasteiger partial charge is 0.488 e. The van der Waals surface area contributed by atoms with Crippen molar-refractivity contribution in [2.45, 2.75) is 38.9 Å². The summed E-state index contributed by atoms with van der Waals surface area (Å²) in [4.78, 5) is 14.8. The Balaban J connectivity index is 1.62. The van der Waals surface area contributed by atoms with Gasteiger partial charge in [-0.25, -0.2) is 0 Å². The molecule has 2 aromatic carbocycles. The van der Waals surface area contributed by atoms with Crippen molar-refractivity contribution in [1.29, 1.82) is 0 Å². The summed E-state index contributed by atoms with van der Waals surface area (Å²) in [5.41, 5.74) is 2.75. The van der Waals surface area contributed by atoms with E-state index in [1.165, 1.54) is 0 Å². The minimum absolute atomic E-state index is 0.159. The second-order valence-electron chi connectivity index (χ2n) is 7.92. The van der Waals surface area contributed by atoms with Crippen molar-refractivity contribution in [3.63, 3.8) is 0 Å². The van der Waals surface area contributed by atoms with Gasteiger partial charge >= 0.3 is 0 Å². The standard InChI is InChI=1S/C23H30N2O3/c1-17-13-20(22(26)24-16-23(27)9-11-25(3)12-10-23)14-18(2)21(17)28-15-19-7-5-4-6-8-19/h4-8,13-14,27H,9-12,15-16H2,1-3H3,(H,24,26). The van der Waals surface area contributed by atoms with Crippen LogP contribution < -0.4 is 10.1 Å². The number of aliphatic hydroxyl groups is 1. The minimum atomic E-state index is -0.814. The van der Waals surface area contributed by atoms with Crippen LogP contribution >= 0.6 is 0 Å². The number of hydrogen-bond acceptors (Lipinski definition) is 4. The van der Waals surface area contributed by atoms with Gasteiger partial charge in [0.05, 0.1) is 5.60 Å². The molecule has 0 atom stereocenters. The maximum atomic E-state index is 12.6. The van der Waals surface area contributed by atoms with Gasteiger partial charge in [0, 0.05) is 25.2 Å². The van der Waals surface area contributed by atoms with E-state index in [-0.39, 0.29) is 12.5 Å². The van der Waals surface area contributed by atoms with Gasteiger partial charge in [-0.05, 0) is 62.6 Å². The lowest BCUT2D eigenvalue weighted by Gasteiger charge is -2.36. The summed E-state index contributed by atoms with van der Waals surface area (Å²) < 4.78 is 5.99. The molecule has 3 rings (SSSR count). The number of carbonyl (C=O) groups excluding carboxylic acids is 1. The summed E-state index contributed by atoms with van der Waals surface area (Å²) in [6, 6.07) is 13.7. The molecular weight excluding hydrogens is 352 g/mol. The first-order valence-corrected chi connectivity index (χ1v) is 9.83. The van der Waals surface area contributed by atoms with Crippen molar-refractivity contribution >= 4 is 5.91 Å². The summed E-state index contributed by atoms with van der Waals surface area (Å²) in [6.07, 6.45) is 1.35. The average Bonchev–Trinajstić information content (AvgIpc) is 2.69. The highest BCUT2D eigenvalue weighted by molar-refractivity contribution is 5.95. The van der Waals surface area contributed by atoms with Crippen molar-refractivity contribution in [2.75, 3.05) is 26.7 Å². The van der Waals surface area contributed by atoms with Gasteiger partial charge < -0.3 is 20.1 Å². The fourth-order valence-electron chi connectivity index (χ4n) is 3.60. The van der Waals surface area contributed by atoms with Crippen molar-refractivity contribution in [3.8, 4) is 5.75 Å². The summed E-state index contributed by atoms with van der Waals surface area (Å²) >= 11 is 0. The van der Waals surface area contributed by atoms with E-state index in [2.05, 4.69) is 10.2 Å². The quantitative estimate of drug-likeness (QED) is 0.806. The highest BCUT2D eigenvalue weighted by Gasteiger charge is 2.31. The molecular formula is C23H30N2O3. The summed E-state index contributed by atoms with van der Waals surface area (Å²) in [5, 5.41) is 13.6. The second-order valence-corrected chi connectivity index (χ2v) is 7.92. The first-order valence-electron chi connectivity index (χ1n) is 9.83. The third-order valence-electron chi connectivity index (χ3n) is 5.44. The normalized spacial score (nSPS) is 16.6. The molecule has 1 aliphatic rings. The van der Waals surface area contributed by atoms with Gasteiger partial charge in [-0.1, -0.05) is 30.3 Å². The van der Waals surface area contributed by atoms with Gasteiger partial charge in [-0.15, -0.1) is 0 Å². The minimum Gasteiger partial charge on any atom is -0.488 e. The van der Waals surface area contributed by atoms with E-state index in [4.69, 9.17) is 4.74 Å². The zero-order chi connectivity index (χ0) is 20.1. The summed E-state index contributed by atoms with van der Waals surface area (Å²) in [6.45, 7) is 6.37. The number of nitrogens with one attached hydrogen (secondary N) is 1. The van der Waals surface area contributed by atoms with E-state index in [0.29, 0.717) is 25.0 Å². The maximum Gasteiger partial charge on any atom is 0.251 e. The van der Waals surface area contributed by atoms with E-state index in [9.17, 15) is 9.90 Å². The van der Waals surface area contributed by atoms with Crippen LogP contribution in [0.5, 0.6) is 5.75 Å². The third kappa shape index (κ3) is 5.12. The van der Waals surface area contributed by atoms with Crippen LogP contribution in [0.2, 0.25) is 0 Å². The maximum absolute atomic E-state index is 12.6. The predicted molar refractivity (Wildman–Crippen MR) is 111 cm³/mol. The molecule has 2 aromatic rings. The third-order valence-corrected chi connectivity index (χ3v) is 5.44. The average molecular weight is 383 g/mol. The molecule has 1 saturated heterocycles. The topological polar surface area (TPSA) is 61.8 Å². The summed E-state index contributed by atoms with van der Waals surface area (Å²) in [5.74, 6) is 0.655. The fraction of sp³-hybridized carbons (Fsp3) is 0.435. The molecule has 0 unspecified atom stereocenters. The Hall–Kier alpha value is -2.37. The van der Waals surface area contributed by atoms with Crippen LogP contribution in [0.1, 0.15) is 39.9 Å². The number of benzene rings is 2. The molecule has 5 nitrogen and oxygen atoms in total. The predicted octanol–water partition coefficient (Wildman–Crippen LogP) is 3.07. The molecule has 1 fully saturated rings. The molecule has 150 valence electrons. The van der Waals surface area contributed by atoms with Gasteiger partial charge in [-0.3, -0.25) is 4.79 Å². The van der Waals surface area contributed by atoms with E-state index in [1.54, 1.807) is 0 Å². The molecule has 1 heterocycles. The fourth-order valence-corrected chi connectivity index (χ4v) is 3.60. The van der Waals surface area contributed by atoms with Crippen LogP contribution in [0, 0.1) is 13.8 Å². The van der Waals surface area contributed by atoms with Crippen molar-refractivity contribution in [3.05, 3.63) is 64.7 Å². The molecule has 0 spiro atoms. The first kappa shape index (κ1) is 20.4. The Morgan fingerprint density at radius 3 is 2.36 bits per heavy atom. The highest BCUT2D eigenvalue weighted by Crippen LogP contribution is 2.26. The zero-order valence-electron chi connectivity index (χ0n) is 17.0. The highest BCUT2D eigenvalue weighted by atomic mass is 16.5.